The van der Waals surface area contributed by atoms with Gasteiger partial charge in [-0.1, -0.05) is 93.6 Å². The second-order valence-corrected chi connectivity index (χ2v) is 8.30. The molecule has 0 amide bonds. The summed E-state index contributed by atoms with van der Waals surface area (Å²) >= 11 is 0. The molecule has 5 aromatic carbocycles. The van der Waals surface area contributed by atoms with Crippen molar-refractivity contribution in [3.05, 3.63) is 84.4 Å². The third-order valence-electron chi connectivity index (χ3n) is 5.57. The van der Waals surface area contributed by atoms with E-state index in [0.717, 1.165) is 0 Å². The van der Waals surface area contributed by atoms with E-state index in [9.17, 15) is 0 Å². The summed E-state index contributed by atoms with van der Waals surface area (Å²) in [5, 5.41) is 8.07. The standard InChI is InChI=1S/C26H22/c1-26(2,3)21-14-12-17(13-15-21)23-16-20-8-4-6-18-10-11-19-7-5-9-22(23)25(19)24(18)20/h4-16H,1-3H3. The monoisotopic (exact) mass is 334 g/mol. The van der Waals surface area contributed by atoms with Gasteiger partial charge in [0.25, 0.3) is 0 Å². The molecular weight excluding hydrogens is 312 g/mol. The van der Waals surface area contributed by atoms with Crippen LogP contribution >= 0.6 is 0 Å². The molecule has 0 atom stereocenters. The van der Waals surface area contributed by atoms with Crippen molar-refractivity contribution < 1.29 is 0 Å². The molecule has 26 heavy (non-hydrogen) atoms. The van der Waals surface area contributed by atoms with Gasteiger partial charge >= 0.3 is 0 Å². The predicted octanol–water partition coefficient (Wildman–Crippen LogP) is 7.55. The summed E-state index contributed by atoms with van der Waals surface area (Å²) in [6.45, 7) is 6.79. The SMILES string of the molecule is CC(C)(C)c1ccc(-c2cc3cccc4ccc5cccc2c5c43)cc1. The van der Waals surface area contributed by atoms with Crippen LogP contribution in [0.25, 0.3) is 43.4 Å². The van der Waals surface area contributed by atoms with Gasteiger partial charge in [-0.3, -0.25) is 0 Å². The van der Waals surface area contributed by atoms with E-state index < -0.39 is 0 Å². The lowest BCUT2D eigenvalue weighted by atomic mass is 9.85. The number of benzene rings is 5. The van der Waals surface area contributed by atoms with Crippen LogP contribution in [0.3, 0.4) is 0 Å². The molecule has 0 saturated heterocycles. The van der Waals surface area contributed by atoms with Crippen molar-refractivity contribution in [3.63, 3.8) is 0 Å². The van der Waals surface area contributed by atoms with Gasteiger partial charge in [-0.05, 0) is 60.5 Å². The zero-order valence-corrected chi connectivity index (χ0v) is 15.5. The molecule has 0 aliphatic heterocycles. The molecular formula is C26H22. The van der Waals surface area contributed by atoms with Gasteiger partial charge in [0, 0.05) is 0 Å². The first kappa shape index (κ1) is 15.4. The fourth-order valence-electron chi connectivity index (χ4n) is 4.15. The van der Waals surface area contributed by atoms with Gasteiger partial charge in [0.1, 0.15) is 0 Å². The van der Waals surface area contributed by atoms with Crippen LogP contribution in [-0.4, -0.2) is 0 Å². The lowest BCUT2D eigenvalue weighted by Crippen LogP contribution is -2.10. The fourth-order valence-corrected chi connectivity index (χ4v) is 4.15. The first-order valence-electron chi connectivity index (χ1n) is 9.30. The van der Waals surface area contributed by atoms with Crippen molar-refractivity contribution in [1.82, 2.24) is 0 Å². The van der Waals surface area contributed by atoms with E-state index in [0.29, 0.717) is 0 Å². The van der Waals surface area contributed by atoms with Crippen LogP contribution in [0.1, 0.15) is 26.3 Å². The molecule has 0 nitrogen and oxygen atoms in total. The van der Waals surface area contributed by atoms with Crippen molar-refractivity contribution in [2.45, 2.75) is 26.2 Å². The molecule has 0 N–H and O–H groups in total. The summed E-state index contributed by atoms with van der Waals surface area (Å²) in [5.74, 6) is 0. The largest absolute Gasteiger partial charge is 0.0610 e. The Morgan fingerprint density at radius 1 is 0.577 bits per heavy atom. The highest BCUT2D eigenvalue weighted by Crippen LogP contribution is 2.40. The number of rotatable bonds is 1. The van der Waals surface area contributed by atoms with Crippen LogP contribution in [-0.2, 0) is 5.41 Å². The van der Waals surface area contributed by atoms with Crippen LogP contribution < -0.4 is 0 Å². The van der Waals surface area contributed by atoms with Gasteiger partial charge in [-0.2, -0.15) is 0 Å². The normalized spacial score (nSPS) is 12.4. The molecule has 0 aliphatic rings. The summed E-state index contributed by atoms with van der Waals surface area (Å²) in [4.78, 5) is 0. The highest BCUT2D eigenvalue weighted by molar-refractivity contribution is 6.26. The highest BCUT2D eigenvalue weighted by atomic mass is 14.2. The Bertz CT molecular complexity index is 1230. The Hall–Kier alpha value is -2.86. The van der Waals surface area contributed by atoms with Crippen LogP contribution in [0.4, 0.5) is 0 Å². The molecule has 5 rings (SSSR count). The third kappa shape index (κ3) is 2.22. The second kappa shape index (κ2) is 5.32. The highest BCUT2D eigenvalue weighted by Gasteiger charge is 2.15. The topological polar surface area (TPSA) is 0 Å². The molecule has 0 spiro atoms. The Morgan fingerprint density at radius 2 is 1.19 bits per heavy atom. The quantitative estimate of drug-likeness (QED) is 0.278. The van der Waals surface area contributed by atoms with Crippen molar-refractivity contribution in [2.24, 2.45) is 0 Å². The van der Waals surface area contributed by atoms with Crippen molar-refractivity contribution in [3.8, 4) is 11.1 Å². The van der Waals surface area contributed by atoms with E-state index in [4.69, 9.17) is 0 Å². The molecule has 0 aliphatic carbocycles. The minimum absolute atomic E-state index is 0.178. The van der Waals surface area contributed by atoms with E-state index in [1.54, 1.807) is 0 Å². The fraction of sp³-hybridized carbons (Fsp3) is 0.154. The van der Waals surface area contributed by atoms with E-state index in [1.807, 2.05) is 0 Å². The first-order chi connectivity index (χ1) is 12.5. The molecule has 0 fully saturated rings. The molecule has 126 valence electrons. The Balaban J connectivity index is 1.85. The van der Waals surface area contributed by atoms with Crippen molar-refractivity contribution >= 4 is 32.3 Å². The van der Waals surface area contributed by atoms with Gasteiger partial charge in [0.2, 0.25) is 0 Å². The van der Waals surface area contributed by atoms with Gasteiger partial charge in [-0.25, -0.2) is 0 Å². The van der Waals surface area contributed by atoms with Crippen LogP contribution in [0.5, 0.6) is 0 Å². The minimum Gasteiger partial charge on any atom is -0.0610 e. The average Bonchev–Trinajstić information content (AvgIpc) is 2.65. The Kier molecular flexibility index (Phi) is 3.15. The van der Waals surface area contributed by atoms with Gasteiger partial charge in [0.05, 0.1) is 0 Å². The molecule has 0 saturated carbocycles. The first-order valence-corrected chi connectivity index (χ1v) is 9.30. The maximum Gasteiger partial charge on any atom is -0.00206 e. The van der Waals surface area contributed by atoms with Crippen molar-refractivity contribution in [2.75, 3.05) is 0 Å². The summed E-state index contributed by atoms with van der Waals surface area (Å²) in [5.41, 5.74) is 4.16. The second-order valence-electron chi connectivity index (χ2n) is 8.30. The number of hydrogen-bond donors (Lipinski definition) is 0. The smallest absolute Gasteiger partial charge is 0.00206 e. The Morgan fingerprint density at radius 3 is 1.88 bits per heavy atom. The average molecular weight is 334 g/mol. The Labute approximate surface area is 154 Å². The van der Waals surface area contributed by atoms with Gasteiger partial charge < -0.3 is 0 Å². The molecule has 0 heteroatoms. The van der Waals surface area contributed by atoms with Crippen LogP contribution in [0.15, 0.2) is 78.9 Å². The summed E-state index contributed by atoms with van der Waals surface area (Å²) < 4.78 is 0. The number of hydrogen-bond acceptors (Lipinski definition) is 0. The molecule has 0 bridgehead atoms. The maximum absolute atomic E-state index is 2.36. The van der Waals surface area contributed by atoms with Crippen molar-refractivity contribution in [1.29, 1.82) is 0 Å². The maximum atomic E-state index is 2.36. The predicted molar refractivity (Wildman–Crippen MR) is 114 cm³/mol. The van der Waals surface area contributed by atoms with Gasteiger partial charge in [-0.15, -0.1) is 0 Å². The molecule has 0 unspecified atom stereocenters. The zero-order valence-electron chi connectivity index (χ0n) is 15.5. The van der Waals surface area contributed by atoms with Crippen LogP contribution in [0, 0.1) is 0 Å². The summed E-state index contributed by atoms with van der Waals surface area (Å²) in [6, 6.07) is 29.2. The van der Waals surface area contributed by atoms with Crippen LogP contribution in [0.2, 0.25) is 0 Å². The molecule has 0 radical (unpaired) electrons. The summed E-state index contributed by atoms with van der Waals surface area (Å²) in [6.07, 6.45) is 0. The van der Waals surface area contributed by atoms with E-state index >= 15 is 0 Å². The lowest BCUT2D eigenvalue weighted by molar-refractivity contribution is 0.590. The minimum atomic E-state index is 0.178. The zero-order chi connectivity index (χ0) is 17.9. The molecule has 0 heterocycles. The summed E-state index contributed by atoms with van der Waals surface area (Å²) in [7, 11) is 0. The van der Waals surface area contributed by atoms with E-state index in [2.05, 4.69) is 99.6 Å². The van der Waals surface area contributed by atoms with E-state index in [-0.39, 0.29) is 5.41 Å². The molecule has 0 aromatic heterocycles. The third-order valence-corrected chi connectivity index (χ3v) is 5.57. The lowest BCUT2D eigenvalue weighted by Gasteiger charge is -2.20. The van der Waals surface area contributed by atoms with Gasteiger partial charge in [0.15, 0.2) is 0 Å². The molecule has 5 aromatic rings. The van der Waals surface area contributed by atoms with E-state index in [1.165, 1.54) is 49.0 Å².